The molecule has 1 aliphatic heterocycles. The zero-order valence-corrected chi connectivity index (χ0v) is 15.8. The lowest BCUT2D eigenvalue weighted by atomic mass is 9.96. The lowest BCUT2D eigenvalue weighted by molar-refractivity contribution is -0.141. The van der Waals surface area contributed by atoms with Gasteiger partial charge in [0.1, 0.15) is 17.2 Å². The molecule has 0 spiro atoms. The van der Waals surface area contributed by atoms with Gasteiger partial charge in [0.25, 0.3) is 5.91 Å². The molecule has 1 amide bonds. The summed E-state index contributed by atoms with van der Waals surface area (Å²) in [4.78, 5) is 38.9. The van der Waals surface area contributed by atoms with Crippen LogP contribution in [0.25, 0.3) is 10.6 Å². The van der Waals surface area contributed by atoms with Crippen LogP contribution in [0.15, 0.2) is 34.6 Å². The highest BCUT2D eigenvalue weighted by atomic mass is 32.1. The van der Waals surface area contributed by atoms with Crippen LogP contribution in [0, 0.1) is 0 Å². The van der Waals surface area contributed by atoms with E-state index < -0.39 is 29.4 Å². The largest absolute Gasteiger partial charge is 0.433 e. The Balaban J connectivity index is 1.65. The Morgan fingerprint density at radius 2 is 2.14 bits per heavy atom. The summed E-state index contributed by atoms with van der Waals surface area (Å²) in [6.45, 7) is 0.622. The first-order valence-corrected chi connectivity index (χ1v) is 9.76. The van der Waals surface area contributed by atoms with Crippen molar-refractivity contribution in [2.75, 3.05) is 13.1 Å². The summed E-state index contributed by atoms with van der Waals surface area (Å²) >= 11 is 1.30. The molecule has 0 aromatic carbocycles. The second-order valence-corrected chi connectivity index (χ2v) is 7.67. The Morgan fingerprint density at radius 1 is 1.31 bits per heavy atom. The fourth-order valence-electron chi connectivity index (χ4n) is 3.33. The van der Waals surface area contributed by atoms with E-state index >= 15 is 0 Å². The van der Waals surface area contributed by atoms with Crippen LogP contribution in [-0.4, -0.2) is 43.8 Å². The topological polar surface area (TPSA) is 94.7 Å². The molecule has 0 radical (unpaired) electrons. The zero-order chi connectivity index (χ0) is 20.6. The third-order valence-electron chi connectivity index (χ3n) is 4.71. The highest BCUT2D eigenvalue weighted by Gasteiger charge is 2.36. The van der Waals surface area contributed by atoms with E-state index in [4.69, 9.17) is 0 Å². The maximum Gasteiger partial charge on any atom is 0.433 e. The minimum atomic E-state index is -4.60. The molecule has 1 fully saturated rings. The van der Waals surface area contributed by atoms with Crippen molar-refractivity contribution in [1.29, 1.82) is 0 Å². The van der Waals surface area contributed by atoms with Crippen LogP contribution < -0.4 is 5.69 Å². The van der Waals surface area contributed by atoms with Crippen molar-refractivity contribution in [2.45, 2.75) is 24.9 Å². The standard InChI is InChI=1S/C18H16F3N5O2S/c19-18(20,21)14-7-11(13-4-2-6-29-13)23-15(25-14)10-3-1-5-26(9-10)16(27)12-8-22-17(28)24-12/h2,4,6-8,10H,1,3,5,9H2,(H2,22,24,28). The highest BCUT2D eigenvalue weighted by Crippen LogP contribution is 2.34. The van der Waals surface area contributed by atoms with E-state index in [2.05, 4.69) is 19.9 Å². The second-order valence-electron chi connectivity index (χ2n) is 6.72. The number of aromatic nitrogens is 4. The molecule has 11 heteroatoms. The van der Waals surface area contributed by atoms with Gasteiger partial charge in [0.2, 0.25) is 0 Å². The minimum absolute atomic E-state index is 0.0725. The molecule has 1 saturated heterocycles. The van der Waals surface area contributed by atoms with Gasteiger partial charge in [0, 0.05) is 25.2 Å². The number of H-pyrrole nitrogens is 2. The monoisotopic (exact) mass is 423 g/mol. The molecule has 7 nitrogen and oxygen atoms in total. The molecule has 4 heterocycles. The predicted molar refractivity (Wildman–Crippen MR) is 99.6 cm³/mol. The summed E-state index contributed by atoms with van der Waals surface area (Å²) in [6, 6.07) is 4.40. The van der Waals surface area contributed by atoms with Crippen molar-refractivity contribution in [3.05, 3.63) is 57.5 Å². The number of alkyl halides is 3. The SMILES string of the molecule is O=C(c1c[nH]c(=O)[nH]1)N1CCCC(c2nc(-c3cccs3)cc(C(F)(F)F)n2)C1. The number of hydrogen-bond acceptors (Lipinski definition) is 5. The Morgan fingerprint density at radius 3 is 2.79 bits per heavy atom. The summed E-state index contributed by atoms with van der Waals surface area (Å²) in [7, 11) is 0. The molecule has 4 rings (SSSR count). The molecular formula is C18H16F3N5O2S. The van der Waals surface area contributed by atoms with Gasteiger partial charge in [-0.25, -0.2) is 14.8 Å². The van der Waals surface area contributed by atoms with E-state index in [1.807, 2.05) is 0 Å². The van der Waals surface area contributed by atoms with Gasteiger partial charge in [-0.3, -0.25) is 4.79 Å². The number of piperidine rings is 1. The molecule has 0 saturated carbocycles. The zero-order valence-electron chi connectivity index (χ0n) is 15.0. The van der Waals surface area contributed by atoms with Gasteiger partial charge in [-0.15, -0.1) is 11.3 Å². The first-order chi connectivity index (χ1) is 13.8. The van der Waals surface area contributed by atoms with Crippen LogP contribution in [-0.2, 0) is 6.18 Å². The van der Waals surface area contributed by atoms with Crippen LogP contribution in [0.3, 0.4) is 0 Å². The van der Waals surface area contributed by atoms with Crippen LogP contribution in [0.5, 0.6) is 0 Å². The van der Waals surface area contributed by atoms with Crippen LogP contribution in [0.2, 0.25) is 0 Å². The lowest BCUT2D eigenvalue weighted by Gasteiger charge is -2.32. The molecule has 3 aromatic heterocycles. The number of imidazole rings is 1. The van der Waals surface area contributed by atoms with Crippen molar-refractivity contribution >= 4 is 17.2 Å². The summed E-state index contributed by atoms with van der Waals surface area (Å²) in [6.07, 6.45) is -2.15. The number of nitrogens with zero attached hydrogens (tertiary/aromatic N) is 3. The number of carbonyl (C=O) groups is 1. The molecular weight excluding hydrogens is 407 g/mol. The molecule has 1 aliphatic rings. The van der Waals surface area contributed by atoms with Crippen molar-refractivity contribution < 1.29 is 18.0 Å². The lowest BCUT2D eigenvalue weighted by Crippen LogP contribution is -2.40. The number of rotatable bonds is 3. The molecule has 152 valence electrons. The van der Waals surface area contributed by atoms with Gasteiger partial charge in [0.05, 0.1) is 10.6 Å². The van der Waals surface area contributed by atoms with Crippen molar-refractivity contribution in [1.82, 2.24) is 24.8 Å². The third kappa shape index (κ3) is 4.09. The minimum Gasteiger partial charge on any atom is -0.337 e. The van der Waals surface area contributed by atoms with Gasteiger partial charge < -0.3 is 14.9 Å². The summed E-state index contributed by atoms with van der Waals surface area (Å²) in [5.41, 5.74) is -1.16. The normalized spacial score (nSPS) is 17.5. The summed E-state index contributed by atoms with van der Waals surface area (Å²) < 4.78 is 40.2. The first kappa shape index (κ1) is 19.4. The Bertz CT molecular complexity index is 1070. The fraction of sp³-hybridized carbons (Fsp3) is 0.333. The van der Waals surface area contributed by atoms with Crippen molar-refractivity contribution in [3.63, 3.8) is 0 Å². The Kier molecular flexibility index (Phi) is 4.99. The van der Waals surface area contributed by atoms with Crippen molar-refractivity contribution in [2.24, 2.45) is 0 Å². The molecule has 29 heavy (non-hydrogen) atoms. The number of halogens is 3. The van der Waals surface area contributed by atoms with Gasteiger partial charge >= 0.3 is 11.9 Å². The Hall–Kier alpha value is -2.95. The number of thiophene rings is 1. The van der Waals surface area contributed by atoms with Crippen LogP contribution >= 0.6 is 11.3 Å². The van der Waals surface area contributed by atoms with E-state index in [0.29, 0.717) is 24.3 Å². The first-order valence-electron chi connectivity index (χ1n) is 8.88. The van der Waals surface area contributed by atoms with Gasteiger partial charge in [-0.1, -0.05) is 6.07 Å². The summed E-state index contributed by atoms with van der Waals surface area (Å²) in [5, 5.41) is 1.77. The fourth-order valence-corrected chi connectivity index (χ4v) is 4.02. The molecule has 0 aliphatic carbocycles. The van der Waals surface area contributed by atoms with E-state index in [1.54, 1.807) is 17.5 Å². The number of aromatic amines is 2. The average Bonchev–Trinajstić information content (AvgIpc) is 3.38. The van der Waals surface area contributed by atoms with E-state index in [-0.39, 0.29) is 23.8 Å². The molecule has 0 bridgehead atoms. The average molecular weight is 423 g/mol. The van der Waals surface area contributed by atoms with Gasteiger partial charge in [-0.2, -0.15) is 13.2 Å². The van der Waals surface area contributed by atoms with E-state index in [1.165, 1.54) is 22.4 Å². The maximum atomic E-state index is 13.4. The van der Waals surface area contributed by atoms with Gasteiger partial charge in [-0.05, 0) is 30.4 Å². The Labute approximate surface area is 166 Å². The smallest absolute Gasteiger partial charge is 0.337 e. The van der Waals surface area contributed by atoms with Crippen LogP contribution in [0.1, 0.15) is 40.8 Å². The quantitative estimate of drug-likeness (QED) is 0.676. The predicted octanol–water partition coefficient (Wildman–Crippen LogP) is 3.26. The molecule has 1 atom stereocenters. The highest BCUT2D eigenvalue weighted by molar-refractivity contribution is 7.13. The second kappa shape index (κ2) is 7.47. The van der Waals surface area contributed by atoms with E-state index in [9.17, 15) is 22.8 Å². The molecule has 3 aromatic rings. The number of amides is 1. The van der Waals surface area contributed by atoms with Crippen LogP contribution in [0.4, 0.5) is 13.2 Å². The number of likely N-dealkylation sites (tertiary alicyclic amines) is 1. The maximum absolute atomic E-state index is 13.4. The number of carbonyl (C=O) groups excluding carboxylic acids is 1. The third-order valence-corrected chi connectivity index (χ3v) is 5.60. The van der Waals surface area contributed by atoms with Crippen molar-refractivity contribution in [3.8, 4) is 10.6 Å². The molecule has 2 N–H and O–H groups in total. The number of nitrogens with one attached hydrogen (secondary N) is 2. The van der Waals surface area contributed by atoms with E-state index in [0.717, 1.165) is 6.07 Å². The number of hydrogen-bond donors (Lipinski definition) is 2. The summed E-state index contributed by atoms with van der Waals surface area (Å²) in [5.74, 6) is -0.749. The van der Waals surface area contributed by atoms with Gasteiger partial charge in [0.15, 0.2) is 0 Å². The molecule has 1 unspecified atom stereocenters.